The third kappa shape index (κ3) is 5.23. The van der Waals surface area contributed by atoms with Crippen LogP contribution >= 0.6 is 0 Å². The van der Waals surface area contributed by atoms with E-state index in [1.807, 2.05) is 13.8 Å². The van der Waals surface area contributed by atoms with Gasteiger partial charge in [0.25, 0.3) is 5.91 Å². The number of hydrogen-bond acceptors (Lipinski definition) is 4. The highest BCUT2D eigenvalue weighted by atomic mass is 16.5. The second kappa shape index (κ2) is 9.62. The fourth-order valence-electron chi connectivity index (χ4n) is 2.82. The lowest BCUT2D eigenvalue weighted by molar-refractivity contribution is -0.115. The molecule has 0 aromatic heterocycles. The third-order valence-electron chi connectivity index (χ3n) is 4.28. The van der Waals surface area contributed by atoms with Crippen LogP contribution in [0.5, 0.6) is 11.5 Å². The molecule has 0 aliphatic heterocycles. The maximum absolute atomic E-state index is 12.5. The van der Waals surface area contributed by atoms with Crippen molar-refractivity contribution in [3.05, 3.63) is 53.6 Å². The van der Waals surface area contributed by atoms with Crippen LogP contribution in [-0.4, -0.2) is 44.0 Å². The van der Waals surface area contributed by atoms with E-state index < -0.39 is 0 Å². The van der Waals surface area contributed by atoms with Gasteiger partial charge in [0.05, 0.1) is 20.6 Å². The van der Waals surface area contributed by atoms with Crippen LogP contribution in [0.4, 0.5) is 5.69 Å². The number of carbonyl (C=O) groups excluding carboxylic acids is 2. The zero-order valence-electron chi connectivity index (χ0n) is 16.2. The molecule has 0 aliphatic rings. The SMILES string of the molecule is CCN(CC)C(=O)c1cccc(NC(=O)Cc2cc(OC)ccc2OC)c1. The Bertz CT molecular complexity index is 801. The molecule has 1 N–H and O–H groups in total. The summed E-state index contributed by atoms with van der Waals surface area (Å²) in [5, 5.41) is 2.84. The zero-order valence-corrected chi connectivity index (χ0v) is 16.2. The molecule has 2 rings (SSSR count). The van der Waals surface area contributed by atoms with Crippen molar-refractivity contribution in [1.82, 2.24) is 4.90 Å². The standard InChI is InChI=1S/C21H26N2O4/c1-5-23(6-2)21(25)15-8-7-9-17(12-15)22-20(24)14-16-13-18(26-3)10-11-19(16)27-4/h7-13H,5-6,14H2,1-4H3,(H,22,24). The van der Waals surface area contributed by atoms with Crippen molar-refractivity contribution in [2.24, 2.45) is 0 Å². The smallest absolute Gasteiger partial charge is 0.253 e. The van der Waals surface area contributed by atoms with Crippen LogP contribution in [0.1, 0.15) is 29.8 Å². The topological polar surface area (TPSA) is 67.9 Å². The zero-order chi connectivity index (χ0) is 19.8. The number of hydrogen-bond donors (Lipinski definition) is 1. The highest BCUT2D eigenvalue weighted by molar-refractivity contribution is 5.97. The van der Waals surface area contributed by atoms with Gasteiger partial charge in [0.1, 0.15) is 11.5 Å². The number of nitrogens with zero attached hydrogens (tertiary/aromatic N) is 1. The fourth-order valence-corrected chi connectivity index (χ4v) is 2.82. The summed E-state index contributed by atoms with van der Waals surface area (Å²) in [6.45, 7) is 5.16. The molecule has 6 heteroatoms. The molecule has 0 fully saturated rings. The first-order valence-electron chi connectivity index (χ1n) is 8.92. The summed E-state index contributed by atoms with van der Waals surface area (Å²) in [6, 6.07) is 12.3. The second-order valence-corrected chi connectivity index (χ2v) is 5.96. The van der Waals surface area contributed by atoms with Gasteiger partial charge in [-0.25, -0.2) is 0 Å². The van der Waals surface area contributed by atoms with Gasteiger partial charge in [-0.2, -0.15) is 0 Å². The van der Waals surface area contributed by atoms with Gasteiger partial charge in [-0.1, -0.05) is 6.07 Å². The quantitative estimate of drug-likeness (QED) is 0.774. The van der Waals surface area contributed by atoms with Crippen LogP contribution in [0.25, 0.3) is 0 Å². The fraction of sp³-hybridized carbons (Fsp3) is 0.333. The molecule has 144 valence electrons. The molecule has 0 bridgehead atoms. The number of ether oxygens (including phenoxy) is 2. The molecule has 2 amide bonds. The molecule has 0 saturated heterocycles. The summed E-state index contributed by atoms with van der Waals surface area (Å²) in [4.78, 5) is 26.7. The summed E-state index contributed by atoms with van der Waals surface area (Å²) in [6.07, 6.45) is 0.134. The Morgan fingerprint density at radius 1 is 1.00 bits per heavy atom. The first kappa shape index (κ1) is 20.3. The number of carbonyl (C=O) groups is 2. The van der Waals surface area contributed by atoms with E-state index in [4.69, 9.17) is 9.47 Å². The number of anilines is 1. The Kier molecular flexibility index (Phi) is 7.23. The minimum absolute atomic E-state index is 0.0504. The highest BCUT2D eigenvalue weighted by Crippen LogP contribution is 2.25. The van der Waals surface area contributed by atoms with Gasteiger partial charge >= 0.3 is 0 Å². The first-order valence-corrected chi connectivity index (χ1v) is 8.92. The lowest BCUT2D eigenvalue weighted by Crippen LogP contribution is -2.30. The van der Waals surface area contributed by atoms with Crippen molar-refractivity contribution in [2.45, 2.75) is 20.3 Å². The molecular weight excluding hydrogens is 344 g/mol. The molecule has 0 radical (unpaired) electrons. The van der Waals surface area contributed by atoms with E-state index in [-0.39, 0.29) is 18.2 Å². The molecule has 0 aliphatic carbocycles. The van der Waals surface area contributed by atoms with Gasteiger partial charge in [0, 0.05) is 29.9 Å². The summed E-state index contributed by atoms with van der Waals surface area (Å²) in [5.74, 6) is 1.03. The molecule has 0 saturated carbocycles. The molecule has 0 spiro atoms. The van der Waals surface area contributed by atoms with Gasteiger partial charge in [-0.3, -0.25) is 9.59 Å². The molecule has 2 aromatic carbocycles. The summed E-state index contributed by atoms with van der Waals surface area (Å²) < 4.78 is 10.5. The van der Waals surface area contributed by atoms with Crippen LogP contribution in [0.3, 0.4) is 0 Å². The van der Waals surface area contributed by atoms with Crippen LogP contribution < -0.4 is 14.8 Å². The Labute approximate surface area is 160 Å². The van der Waals surface area contributed by atoms with Crippen molar-refractivity contribution in [1.29, 1.82) is 0 Å². The number of rotatable bonds is 8. The monoisotopic (exact) mass is 370 g/mol. The van der Waals surface area contributed by atoms with E-state index in [9.17, 15) is 9.59 Å². The van der Waals surface area contributed by atoms with Gasteiger partial charge in [-0.05, 0) is 50.2 Å². The molecule has 0 heterocycles. The first-order chi connectivity index (χ1) is 13.0. The van der Waals surface area contributed by atoms with Crippen LogP contribution in [0.15, 0.2) is 42.5 Å². The predicted molar refractivity (Wildman–Crippen MR) is 106 cm³/mol. The Morgan fingerprint density at radius 2 is 1.74 bits per heavy atom. The summed E-state index contributed by atoms with van der Waals surface area (Å²) in [5.41, 5.74) is 1.86. The number of amides is 2. The molecule has 27 heavy (non-hydrogen) atoms. The van der Waals surface area contributed by atoms with Crippen LogP contribution in [-0.2, 0) is 11.2 Å². The maximum Gasteiger partial charge on any atom is 0.253 e. The minimum Gasteiger partial charge on any atom is -0.497 e. The third-order valence-corrected chi connectivity index (χ3v) is 4.28. The molecule has 0 atom stereocenters. The minimum atomic E-state index is -0.200. The van der Waals surface area contributed by atoms with Crippen molar-refractivity contribution in [3.8, 4) is 11.5 Å². The summed E-state index contributed by atoms with van der Waals surface area (Å²) >= 11 is 0. The van der Waals surface area contributed by atoms with E-state index >= 15 is 0 Å². The van der Waals surface area contributed by atoms with E-state index in [0.717, 1.165) is 5.56 Å². The summed E-state index contributed by atoms with van der Waals surface area (Å²) in [7, 11) is 3.13. The van der Waals surface area contributed by atoms with E-state index in [0.29, 0.717) is 35.8 Å². The van der Waals surface area contributed by atoms with Crippen molar-refractivity contribution in [3.63, 3.8) is 0 Å². The average molecular weight is 370 g/mol. The largest absolute Gasteiger partial charge is 0.497 e. The second-order valence-electron chi connectivity index (χ2n) is 5.96. The van der Waals surface area contributed by atoms with Crippen molar-refractivity contribution < 1.29 is 19.1 Å². The highest BCUT2D eigenvalue weighted by Gasteiger charge is 2.14. The van der Waals surface area contributed by atoms with E-state index in [1.165, 1.54) is 0 Å². The Morgan fingerprint density at radius 3 is 2.37 bits per heavy atom. The maximum atomic E-state index is 12.5. The van der Waals surface area contributed by atoms with Gasteiger partial charge in [0.15, 0.2) is 0 Å². The van der Waals surface area contributed by atoms with Crippen LogP contribution in [0.2, 0.25) is 0 Å². The molecule has 6 nitrogen and oxygen atoms in total. The molecular formula is C21H26N2O4. The van der Waals surface area contributed by atoms with E-state index in [2.05, 4.69) is 5.32 Å². The van der Waals surface area contributed by atoms with E-state index in [1.54, 1.807) is 61.6 Å². The number of methoxy groups -OCH3 is 2. The van der Waals surface area contributed by atoms with Gasteiger partial charge in [0.2, 0.25) is 5.91 Å². The predicted octanol–water partition coefficient (Wildman–Crippen LogP) is 3.37. The lowest BCUT2D eigenvalue weighted by atomic mass is 10.1. The van der Waals surface area contributed by atoms with Gasteiger partial charge < -0.3 is 19.7 Å². The Balaban J connectivity index is 2.13. The Hall–Kier alpha value is -3.02. The normalized spacial score (nSPS) is 10.2. The van der Waals surface area contributed by atoms with Gasteiger partial charge in [-0.15, -0.1) is 0 Å². The molecule has 2 aromatic rings. The lowest BCUT2D eigenvalue weighted by Gasteiger charge is -2.19. The van der Waals surface area contributed by atoms with Crippen molar-refractivity contribution >= 4 is 17.5 Å². The molecule has 0 unspecified atom stereocenters. The number of benzene rings is 2. The average Bonchev–Trinajstić information content (AvgIpc) is 2.68. The van der Waals surface area contributed by atoms with Crippen molar-refractivity contribution in [2.75, 3.05) is 32.6 Å². The van der Waals surface area contributed by atoms with Crippen LogP contribution in [0, 0.1) is 0 Å². The number of nitrogens with one attached hydrogen (secondary N) is 1.